The average Bonchev–Trinajstić information content (AvgIpc) is 2.94. The standard InChI is InChI=1S/C22H32N4O/c1-17-9-7-13-25(16-17)14-8-12-23-22(27)15-21-18(2)24-26(19(21)3)20-10-5-4-6-11-20/h4-6,10-11,17H,7-9,12-16H2,1-3H3,(H,23,27). The molecule has 1 atom stereocenters. The van der Waals surface area contributed by atoms with Gasteiger partial charge in [-0.2, -0.15) is 5.10 Å². The summed E-state index contributed by atoms with van der Waals surface area (Å²) in [6, 6.07) is 10.1. The molecule has 1 saturated heterocycles. The number of aromatic nitrogens is 2. The van der Waals surface area contributed by atoms with Crippen LogP contribution in [0.2, 0.25) is 0 Å². The third-order valence-electron chi connectivity index (χ3n) is 5.49. The van der Waals surface area contributed by atoms with Crippen molar-refractivity contribution >= 4 is 5.91 Å². The second-order valence-corrected chi connectivity index (χ2v) is 7.83. The molecule has 0 spiro atoms. The normalized spacial score (nSPS) is 17.8. The molecule has 1 amide bonds. The summed E-state index contributed by atoms with van der Waals surface area (Å²) in [4.78, 5) is 14.9. The minimum Gasteiger partial charge on any atom is -0.356 e. The minimum atomic E-state index is 0.0841. The lowest BCUT2D eigenvalue weighted by molar-refractivity contribution is -0.120. The number of carbonyl (C=O) groups is 1. The van der Waals surface area contributed by atoms with E-state index in [1.54, 1.807) is 0 Å². The van der Waals surface area contributed by atoms with Crippen LogP contribution in [0.5, 0.6) is 0 Å². The summed E-state index contributed by atoms with van der Waals surface area (Å²) in [5, 5.41) is 7.71. The molecule has 1 aromatic carbocycles. The molecule has 3 rings (SSSR count). The lowest BCUT2D eigenvalue weighted by atomic mass is 10.0. The lowest BCUT2D eigenvalue weighted by Gasteiger charge is -2.30. The summed E-state index contributed by atoms with van der Waals surface area (Å²) in [6.45, 7) is 10.6. The molecule has 1 N–H and O–H groups in total. The zero-order valence-electron chi connectivity index (χ0n) is 16.9. The second kappa shape index (κ2) is 9.18. The SMILES string of the molecule is Cc1nn(-c2ccccc2)c(C)c1CC(=O)NCCCN1CCCC(C)C1. The van der Waals surface area contributed by atoms with Crippen molar-refractivity contribution in [3.63, 3.8) is 0 Å². The Balaban J connectivity index is 1.49. The number of piperidine rings is 1. The van der Waals surface area contributed by atoms with Gasteiger partial charge in [0.1, 0.15) is 0 Å². The fourth-order valence-corrected chi connectivity index (χ4v) is 3.99. The summed E-state index contributed by atoms with van der Waals surface area (Å²) in [5.74, 6) is 0.890. The maximum Gasteiger partial charge on any atom is 0.224 e. The van der Waals surface area contributed by atoms with Crippen LogP contribution in [0.4, 0.5) is 0 Å². The van der Waals surface area contributed by atoms with Gasteiger partial charge in [0.25, 0.3) is 0 Å². The topological polar surface area (TPSA) is 50.2 Å². The molecule has 2 aromatic rings. The van der Waals surface area contributed by atoms with Crippen LogP contribution >= 0.6 is 0 Å². The van der Waals surface area contributed by atoms with Crippen molar-refractivity contribution in [3.8, 4) is 5.69 Å². The maximum absolute atomic E-state index is 12.4. The third-order valence-corrected chi connectivity index (χ3v) is 5.49. The Labute approximate surface area is 162 Å². The van der Waals surface area contributed by atoms with Crippen LogP contribution in [-0.4, -0.2) is 46.8 Å². The van der Waals surface area contributed by atoms with E-state index in [1.165, 1.54) is 25.9 Å². The van der Waals surface area contributed by atoms with Crippen molar-refractivity contribution in [2.45, 2.75) is 46.5 Å². The first-order valence-corrected chi connectivity index (χ1v) is 10.1. The number of carbonyl (C=O) groups excluding carboxylic acids is 1. The largest absolute Gasteiger partial charge is 0.356 e. The van der Waals surface area contributed by atoms with Crippen LogP contribution in [0, 0.1) is 19.8 Å². The molecule has 1 aliphatic heterocycles. The second-order valence-electron chi connectivity index (χ2n) is 7.83. The maximum atomic E-state index is 12.4. The summed E-state index contributed by atoms with van der Waals surface area (Å²) < 4.78 is 1.93. The van der Waals surface area contributed by atoms with Crippen molar-refractivity contribution in [1.82, 2.24) is 20.0 Å². The van der Waals surface area contributed by atoms with E-state index in [0.717, 1.165) is 48.1 Å². The summed E-state index contributed by atoms with van der Waals surface area (Å²) >= 11 is 0. The summed E-state index contributed by atoms with van der Waals surface area (Å²) in [7, 11) is 0. The summed E-state index contributed by atoms with van der Waals surface area (Å²) in [6.07, 6.45) is 4.06. The van der Waals surface area contributed by atoms with Gasteiger partial charge in [-0.25, -0.2) is 4.68 Å². The van der Waals surface area contributed by atoms with Crippen LogP contribution in [-0.2, 0) is 11.2 Å². The Bertz CT molecular complexity index is 753. The Morgan fingerprint density at radius 1 is 1.26 bits per heavy atom. The highest BCUT2D eigenvalue weighted by Crippen LogP contribution is 2.18. The fraction of sp³-hybridized carbons (Fsp3) is 0.545. The zero-order chi connectivity index (χ0) is 19.2. The van der Waals surface area contributed by atoms with Gasteiger partial charge in [0.2, 0.25) is 5.91 Å². The van der Waals surface area contributed by atoms with E-state index in [-0.39, 0.29) is 5.91 Å². The van der Waals surface area contributed by atoms with E-state index in [9.17, 15) is 4.79 Å². The lowest BCUT2D eigenvalue weighted by Crippen LogP contribution is -2.36. The highest BCUT2D eigenvalue weighted by molar-refractivity contribution is 5.79. The van der Waals surface area contributed by atoms with Gasteiger partial charge in [0.05, 0.1) is 17.8 Å². The zero-order valence-corrected chi connectivity index (χ0v) is 16.9. The van der Waals surface area contributed by atoms with Crippen LogP contribution in [0.15, 0.2) is 30.3 Å². The molecule has 1 aromatic heterocycles. The first-order valence-electron chi connectivity index (χ1n) is 10.1. The Morgan fingerprint density at radius 3 is 2.78 bits per heavy atom. The van der Waals surface area contributed by atoms with Crippen LogP contribution < -0.4 is 5.32 Å². The van der Waals surface area contributed by atoms with E-state index in [2.05, 4.69) is 22.2 Å². The monoisotopic (exact) mass is 368 g/mol. The Kier molecular flexibility index (Phi) is 6.67. The molecule has 2 heterocycles. The quantitative estimate of drug-likeness (QED) is 0.763. The molecule has 5 heteroatoms. The molecule has 0 aliphatic carbocycles. The molecular weight excluding hydrogens is 336 g/mol. The van der Waals surface area contributed by atoms with Crippen molar-refractivity contribution in [2.75, 3.05) is 26.2 Å². The number of rotatable bonds is 7. The Morgan fingerprint density at radius 2 is 2.04 bits per heavy atom. The van der Waals surface area contributed by atoms with Gasteiger partial charge in [-0.05, 0) is 64.3 Å². The molecule has 5 nitrogen and oxygen atoms in total. The minimum absolute atomic E-state index is 0.0841. The van der Waals surface area contributed by atoms with Crippen LogP contribution in [0.3, 0.4) is 0 Å². The molecular formula is C22H32N4O. The van der Waals surface area contributed by atoms with E-state index < -0.39 is 0 Å². The van der Waals surface area contributed by atoms with Gasteiger partial charge in [-0.15, -0.1) is 0 Å². The summed E-state index contributed by atoms with van der Waals surface area (Å²) in [5.41, 5.74) is 4.02. The smallest absolute Gasteiger partial charge is 0.224 e. The predicted octanol–water partition coefficient (Wildman–Crippen LogP) is 3.27. The van der Waals surface area contributed by atoms with E-state index in [4.69, 9.17) is 0 Å². The number of likely N-dealkylation sites (tertiary alicyclic amines) is 1. The number of nitrogens with one attached hydrogen (secondary N) is 1. The van der Waals surface area contributed by atoms with E-state index in [0.29, 0.717) is 6.42 Å². The average molecular weight is 369 g/mol. The van der Waals surface area contributed by atoms with Gasteiger partial charge in [0, 0.05) is 24.3 Å². The van der Waals surface area contributed by atoms with Crippen molar-refractivity contribution in [1.29, 1.82) is 0 Å². The van der Waals surface area contributed by atoms with Crippen molar-refractivity contribution in [3.05, 3.63) is 47.3 Å². The number of benzene rings is 1. The number of hydrogen-bond donors (Lipinski definition) is 1. The van der Waals surface area contributed by atoms with E-state index in [1.807, 2.05) is 48.9 Å². The molecule has 0 saturated carbocycles. The van der Waals surface area contributed by atoms with Crippen molar-refractivity contribution < 1.29 is 4.79 Å². The first-order chi connectivity index (χ1) is 13.0. The fourth-order valence-electron chi connectivity index (χ4n) is 3.99. The number of nitrogens with zero attached hydrogens (tertiary/aromatic N) is 3. The van der Waals surface area contributed by atoms with E-state index >= 15 is 0 Å². The first kappa shape index (κ1) is 19.6. The molecule has 0 radical (unpaired) electrons. The highest BCUT2D eigenvalue weighted by atomic mass is 16.1. The number of amides is 1. The molecule has 27 heavy (non-hydrogen) atoms. The number of aryl methyl sites for hydroxylation is 1. The van der Waals surface area contributed by atoms with Crippen molar-refractivity contribution in [2.24, 2.45) is 5.92 Å². The van der Waals surface area contributed by atoms with Crippen LogP contribution in [0.1, 0.15) is 43.1 Å². The molecule has 146 valence electrons. The molecule has 0 bridgehead atoms. The Hall–Kier alpha value is -2.14. The van der Waals surface area contributed by atoms with Gasteiger partial charge < -0.3 is 10.2 Å². The molecule has 1 aliphatic rings. The predicted molar refractivity (Wildman–Crippen MR) is 109 cm³/mol. The van der Waals surface area contributed by atoms with Gasteiger partial charge in [0.15, 0.2) is 0 Å². The highest BCUT2D eigenvalue weighted by Gasteiger charge is 2.17. The van der Waals surface area contributed by atoms with Crippen LogP contribution in [0.25, 0.3) is 5.69 Å². The molecule has 1 unspecified atom stereocenters. The van der Waals surface area contributed by atoms with Gasteiger partial charge in [-0.3, -0.25) is 4.79 Å². The van der Waals surface area contributed by atoms with Gasteiger partial charge in [-0.1, -0.05) is 25.1 Å². The number of hydrogen-bond acceptors (Lipinski definition) is 3. The molecule has 1 fully saturated rings. The number of para-hydroxylation sites is 1. The third kappa shape index (κ3) is 5.19. The van der Waals surface area contributed by atoms with Gasteiger partial charge >= 0.3 is 0 Å².